The average molecular weight is 592 g/mol. The SMILES string of the molecule is CCc1ccc(N[C@H]2NC(=O)/C(=C/c3cc(I)c(OC)c(I)c3)S2)cc1. The molecule has 1 saturated heterocycles. The van der Waals surface area contributed by atoms with Crippen LogP contribution in [-0.2, 0) is 11.2 Å². The first-order valence-electron chi connectivity index (χ1n) is 8.08. The van der Waals surface area contributed by atoms with Crippen molar-refractivity contribution in [2.24, 2.45) is 0 Å². The van der Waals surface area contributed by atoms with E-state index in [1.54, 1.807) is 7.11 Å². The Labute approximate surface area is 184 Å². The number of nitrogens with one attached hydrogen (secondary N) is 2. The van der Waals surface area contributed by atoms with Crippen LogP contribution < -0.4 is 15.4 Å². The zero-order chi connectivity index (χ0) is 18.7. The summed E-state index contributed by atoms with van der Waals surface area (Å²) in [5.74, 6) is 0.811. The van der Waals surface area contributed by atoms with E-state index in [9.17, 15) is 4.79 Å². The van der Waals surface area contributed by atoms with Gasteiger partial charge in [0.15, 0.2) is 5.50 Å². The standard InChI is InChI=1S/C19H18I2N2O2S/c1-3-11-4-6-13(7-5-11)22-19-23-18(24)16(26-19)10-12-8-14(20)17(25-2)15(21)9-12/h4-10,19,22H,3H2,1-2H3,(H,23,24)/b16-10-/t19-/m0/s1. The van der Waals surface area contributed by atoms with Crippen molar-refractivity contribution in [2.75, 3.05) is 12.4 Å². The maximum Gasteiger partial charge on any atom is 0.260 e. The van der Waals surface area contributed by atoms with Crippen LogP contribution in [0.25, 0.3) is 6.08 Å². The van der Waals surface area contributed by atoms with Gasteiger partial charge in [0.1, 0.15) is 5.75 Å². The summed E-state index contributed by atoms with van der Waals surface area (Å²) >= 11 is 5.99. The number of anilines is 1. The smallest absolute Gasteiger partial charge is 0.260 e. The highest BCUT2D eigenvalue weighted by Crippen LogP contribution is 2.33. The molecular weight excluding hydrogens is 574 g/mol. The molecule has 0 spiro atoms. The van der Waals surface area contributed by atoms with Crippen molar-refractivity contribution in [1.29, 1.82) is 0 Å². The number of hydrogen-bond acceptors (Lipinski definition) is 4. The number of rotatable bonds is 5. The first-order valence-corrected chi connectivity index (χ1v) is 11.1. The number of amides is 1. The molecule has 1 atom stereocenters. The third-order valence-corrected chi connectivity index (χ3v) is 6.54. The summed E-state index contributed by atoms with van der Waals surface area (Å²) in [6.45, 7) is 2.13. The minimum Gasteiger partial charge on any atom is -0.495 e. The van der Waals surface area contributed by atoms with Crippen molar-refractivity contribution < 1.29 is 9.53 Å². The molecular formula is C19H18I2N2O2S. The van der Waals surface area contributed by atoms with Gasteiger partial charge < -0.3 is 15.4 Å². The maximum atomic E-state index is 12.3. The predicted molar refractivity (Wildman–Crippen MR) is 125 cm³/mol. The molecule has 1 heterocycles. The molecule has 1 fully saturated rings. The largest absolute Gasteiger partial charge is 0.495 e. The fourth-order valence-corrected chi connectivity index (χ4v) is 5.80. The van der Waals surface area contributed by atoms with Gasteiger partial charge in [0.05, 0.1) is 19.2 Å². The van der Waals surface area contributed by atoms with Gasteiger partial charge in [0, 0.05) is 5.69 Å². The molecule has 0 bridgehead atoms. The molecule has 0 aliphatic carbocycles. The Balaban J connectivity index is 1.73. The molecule has 0 unspecified atom stereocenters. The minimum absolute atomic E-state index is 0.0569. The monoisotopic (exact) mass is 592 g/mol. The lowest BCUT2D eigenvalue weighted by molar-refractivity contribution is -0.116. The molecule has 2 N–H and O–H groups in total. The van der Waals surface area contributed by atoms with Gasteiger partial charge >= 0.3 is 0 Å². The Hall–Kier alpha value is -0.940. The second-order valence-corrected chi connectivity index (χ2v) is 9.16. The van der Waals surface area contributed by atoms with Crippen LogP contribution >= 0.6 is 56.9 Å². The molecule has 0 aromatic heterocycles. The van der Waals surface area contributed by atoms with Crippen LogP contribution in [0.3, 0.4) is 0 Å². The third-order valence-electron chi connectivity index (χ3n) is 3.91. The van der Waals surface area contributed by atoms with Gasteiger partial charge in [-0.15, -0.1) is 0 Å². The quantitative estimate of drug-likeness (QED) is 0.377. The molecule has 1 aliphatic heterocycles. The van der Waals surface area contributed by atoms with Crippen LogP contribution in [0.2, 0.25) is 0 Å². The van der Waals surface area contributed by atoms with Crippen LogP contribution in [0.5, 0.6) is 5.75 Å². The highest BCUT2D eigenvalue weighted by Gasteiger charge is 2.27. The maximum absolute atomic E-state index is 12.3. The van der Waals surface area contributed by atoms with Gasteiger partial charge in [-0.05, 0) is 93.1 Å². The Morgan fingerprint density at radius 2 is 1.88 bits per heavy atom. The topological polar surface area (TPSA) is 50.4 Å². The summed E-state index contributed by atoms with van der Waals surface area (Å²) in [5, 5.41) is 6.32. The molecule has 3 rings (SSSR count). The zero-order valence-electron chi connectivity index (χ0n) is 14.3. The third kappa shape index (κ3) is 4.66. The van der Waals surface area contributed by atoms with Crippen molar-refractivity contribution in [3.8, 4) is 5.75 Å². The highest BCUT2D eigenvalue weighted by molar-refractivity contribution is 14.1. The predicted octanol–water partition coefficient (Wildman–Crippen LogP) is 5.07. The van der Waals surface area contributed by atoms with Crippen LogP contribution in [-0.4, -0.2) is 18.5 Å². The second kappa shape index (κ2) is 8.83. The molecule has 2 aromatic carbocycles. The molecule has 26 heavy (non-hydrogen) atoms. The van der Waals surface area contributed by atoms with Crippen molar-refractivity contribution in [3.05, 3.63) is 59.6 Å². The van der Waals surface area contributed by atoms with E-state index in [-0.39, 0.29) is 11.4 Å². The van der Waals surface area contributed by atoms with Crippen molar-refractivity contribution in [1.82, 2.24) is 5.32 Å². The van der Waals surface area contributed by atoms with Crippen molar-refractivity contribution in [3.63, 3.8) is 0 Å². The summed E-state index contributed by atoms with van der Waals surface area (Å²) in [7, 11) is 1.67. The molecule has 136 valence electrons. The van der Waals surface area contributed by atoms with E-state index in [1.807, 2.05) is 30.3 Å². The first-order chi connectivity index (χ1) is 12.5. The van der Waals surface area contributed by atoms with Crippen molar-refractivity contribution in [2.45, 2.75) is 18.8 Å². The molecule has 1 amide bonds. The Kier molecular flexibility index (Phi) is 6.73. The first kappa shape index (κ1) is 19.8. The number of carbonyl (C=O) groups is 1. The summed E-state index contributed by atoms with van der Waals surface area (Å²) in [6, 6.07) is 12.3. The molecule has 0 radical (unpaired) electrons. The van der Waals surface area contributed by atoms with Crippen molar-refractivity contribution >= 4 is 74.6 Å². The van der Waals surface area contributed by atoms with Crippen LogP contribution in [0.1, 0.15) is 18.1 Å². The van der Waals surface area contributed by atoms with Gasteiger partial charge in [0.25, 0.3) is 5.91 Å². The summed E-state index contributed by atoms with van der Waals surface area (Å²) in [4.78, 5) is 13.0. The number of benzene rings is 2. The molecule has 1 aliphatic rings. The van der Waals surface area contributed by atoms with Gasteiger partial charge in [-0.2, -0.15) is 0 Å². The highest BCUT2D eigenvalue weighted by atomic mass is 127. The number of methoxy groups -OCH3 is 1. The number of hydrogen-bond donors (Lipinski definition) is 2. The summed E-state index contributed by atoms with van der Waals surface area (Å²) in [5.41, 5.74) is 3.11. The van der Waals surface area contributed by atoms with Crippen LogP contribution in [0, 0.1) is 7.14 Å². The van der Waals surface area contributed by atoms with Gasteiger partial charge in [-0.25, -0.2) is 0 Å². The number of carbonyl (C=O) groups excluding carboxylic acids is 1. The second-order valence-electron chi connectivity index (χ2n) is 5.69. The van der Waals surface area contributed by atoms with E-state index in [0.717, 1.165) is 30.6 Å². The van der Waals surface area contributed by atoms with E-state index in [0.29, 0.717) is 4.91 Å². The Bertz CT molecular complexity index is 830. The molecule has 7 heteroatoms. The lowest BCUT2D eigenvalue weighted by Gasteiger charge is -2.12. The normalized spacial score (nSPS) is 18.1. The minimum atomic E-state index is -0.169. The number of ether oxygens (including phenoxy) is 1. The van der Waals surface area contributed by atoms with Crippen LogP contribution in [0.4, 0.5) is 5.69 Å². The lowest BCUT2D eigenvalue weighted by Crippen LogP contribution is -2.30. The fourth-order valence-electron chi connectivity index (χ4n) is 2.56. The molecule has 2 aromatic rings. The van der Waals surface area contributed by atoms with Gasteiger partial charge in [-0.3, -0.25) is 4.79 Å². The average Bonchev–Trinajstić information content (AvgIpc) is 2.94. The number of halogens is 2. The van der Waals surface area contributed by atoms with Gasteiger partial charge in [-0.1, -0.05) is 30.8 Å². The zero-order valence-corrected chi connectivity index (χ0v) is 19.4. The Morgan fingerprint density at radius 3 is 2.46 bits per heavy atom. The van der Waals surface area contributed by atoms with E-state index in [2.05, 4.69) is 74.9 Å². The van der Waals surface area contributed by atoms with E-state index in [1.165, 1.54) is 17.3 Å². The molecule has 4 nitrogen and oxygen atoms in total. The van der Waals surface area contributed by atoms with Gasteiger partial charge in [0.2, 0.25) is 0 Å². The Morgan fingerprint density at radius 1 is 1.23 bits per heavy atom. The lowest BCUT2D eigenvalue weighted by atomic mass is 10.1. The van der Waals surface area contributed by atoms with Crippen LogP contribution in [0.15, 0.2) is 41.3 Å². The number of aryl methyl sites for hydroxylation is 1. The fraction of sp³-hybridized carbons (Fsp3) is 0.211. The van der Waals surface area contributed by atoms with E-state index < -0.39 is 0 Å². The number of thioether (sulfide) groups is 1. The summed E-state index contributed by atoms with van der Waals surface area (Å²) in [6.07, 6.45) is 2.94. The molecule has 0 saturated carbocycles. The van der Waals surface area contributed by atoms with E-state index in [4.69, 9.17) is 4.74 Å². The summed E-state index contributed by atoms with van der Waals surface area (Å²) < 4.78 is 7.44. The van der Waals surface area contributed by atoms with E-state index >= 15 is 0 Å².